The first kappa shape index (κ1) is 41.4. The molecule has 4 aliphatic rings. The number of benzene rings is 2. The maximum Gasteiger partial charge on any atom is 0.333 e. The summed E-state index contributed by atoms with van der Waals surface area (Å²) in [7, 11) is -13.5. The van der Waals surface area contributed by atoms with Crippen LogP contribution in [-0.4, -0.2) is 103 Å². The third kappa shape index (κ3) is 9.13. The average Bonchev–Trinajstić information content (AvgIpc) is 3.35. The van der Waals surface area contributed by atoms with Crippen molar-refractivity contribution in [3.8, 4) is 11.5 Å². The van der Waals surface area contributed by atoms with Crippen LogP contribution >= 0.6 is 0 Å². The van der Waals surface area contributed by atoms with Gasteiger partial charge in [-0.1, -0.05) is 0 Å². The van der Waals surface area contributed by atoms with Gasteiger partial charge in [-0.15, -0.1) is 5.06 Å². The molecule has 4 heterocycles. The van der Waals surface area contributed by atoms with Crippen LogP contribution in [-0.2, 0) is 49.6 Å². The molecule has 6 rings (SSSR count). The van der Waals surface area contributed by atoms with Crippen molar-refractivity contribution in [2.24, 2.45) is 4.99 Å². The van der Waals surface area contributed by atoms with Gasteiger partial charge < -0.3 is 19.0 Å². The van der Waals surface area contributed by atoms with Crippen molar-refractivity contribution in [1.29, 1.82) is 0 Å². The number of hydrogen-bond donors (Lipinski definition) is 2. The van der Waals surface area contributed by atoms with Crippen LogP contribution in [0.25, 0.3) is 5.57 Å². The fourth-order valence-electron chi connectivity index (χ4n) is 7.94. The van der Waals surface area contributed by atoms with E-state index in [9.17, 15) is 53.3 Å². The topological polar surface area (TPSA) is 257 Å². The Morgan fingerprint density at radius 1 is 0.982 bits per heavy atom. The molecule has 56 heavy (non-hydrogen) atoms. The van der Waals surface area contributed by atoms with Crippen molar-refractivity contribution in [2.75, 3.05) is 35.2 Å². The van der Waals surface area contributed by atoms with E-state index in [1.165, 1.54) is 0 Å². The number of rotatable bonds is 13. The number of nitrogens with zero attached hydrogens (tertiary/aromatic N) is 4. The summed E-state index contributed by atoms with van der Waals surface area (Å²) in [6.07, 6.45) is 1.86. The molecule has 1 unspecified atom stereocenters. The van der Waals surface area contributed by atoms with Gasteiger partial charge in [0.15, 0.2) is 17.0 Å². The Balaban J connectivity index is 1.41. The molecule has 0 aliphatic carbocycles. The number of imide groups is 1. The smallest absolute Gasteiger partial charge is 0.333 e. The lowest BCUT2D eigenvalue weighted by Crippen LogP contribution is -2.50. The molecule has 1 saturated heterocycles. The molecule has 1 fully saturated rings. The van der Waals surface area contributed by atoms with Crippen LogP contribution in [0.1, 0.15) is 83.3 Å². The predicted octanol–water partition coefficient (Wildman–Crippen LogP) is 1.58. The van der Waals surface area contributed by atoms with Crippen molar-refractivity contribution >= 4 is 65.1 Å². The van der Waals surface area contributed by atoms with E-state index in [1.807, 2.05) is 18.7 Å². The lowest BCUT2D eigenvalue weighted by atomic mass is 9.79. The molecule has 2 amide bonds. The molecule has 2 aromatic rings. The number of amides is 2. The lowest BCUT2D eigenvalue weighted by molar-refractivity contribution is -0.197. The summed E-state index contributed by atoms with van der Waals surface area (Å²) in [6, 6.07) is 6.52. The van der Waals surface area contributed by atoms with E-state index >= 15 is 0 Å². The van der Waals surface area contributed by atoms with E-state index in [-0.39, 0.29) is 74.0 Å². The molecule has 2 aromatic carbocycles. The minimum Gasteiger partial charge on any atom is -0.748 e. The van der Waals surface area contributed by atoms with E-state index < -0.39 is 82.4 Å². The third-order valence-electron chi connectivity index (χ3n) is 10.2. The molecule has 4 aliphatic heterocycles. The molecular formula is C35H42N4O14S3. The molecule has 21 heteroatoms. The second-order valence-electron chi connectivity index (χ2n) is 15.5. The Labute approximate surface area is 323 Å². The summed E-state index contributed by atoms with van der Waals surface area (Å²) in [5, 5.41) is 1.19. The highest BCUT2D eigenvalue weighted by molar-refractivity contribution is 7.86. The number of fused-ring (bicyclic) bond motifs is 4. The first-order valence-corrected chi connectivity index (χ1v) is 22.5. The summed E-state index contributed by atoms with van der Waals surface area (Å²) in [5.74, 6) is -4.10. The Hall–Kier alpha value is -4.28. The molecule has 2 N–H and O–H groups in total. The second-order valence-corrected chi connectivity index (χ2v) is 20.0. The maximum atomic E-state index is 12.6. The zero-order valence-corrected chi connectivity index (χ0v) is 33.5. The fourth-order valence-corrected chi connectivity index (χ4v) is 9.86. The molecule has 0 spiro atoms. The molecule has 304 valence electrons. The number of hydroxylamine groups is 2. The number of carbonyl (C=O) groups is 3. The SMILES string of the molecule is CC1(C)CC(CS(=O)(=O)O)c2cc3c(cc2N1CCCC(=O)ON1C(=O)CCC1=O)Oc1cc2c(cc1=N3)C(CS(=O)(=O)O)=CC(C)(C)[N+]=2CCCS(=O)(=O)[O-]. The van der Waals surface area contributed by atoms with E-state index in [4.69, 9.17) is 14.6 Å². The Bertz CT molecular complexity index is 2520. The summed E-state index contributed by atoms with van der Waals surface area (Å²) in [6.45, 7) is 7.64. The van der Waals surface area contributed by atoms with Crippen LogP contribution in [0.5, 0.6) is 11.5 Å². The van der Waals surface area contributed by atoms with Gasteiger partial charge in [-0.2, -0.15) is 16.8 Å². The Morgan fingerprint density at radius 3 is 2.29 bits per heavy atom. The van der Waals surface area contributed by atoms with E-state index in [1.54, 1.807) is 48.8 Å². The number of carbonyl (C=O) groups excluding carboxylic acids is 3. The van der Waals surface area contributed by atoms with Gasteiger partial charge in [0.1, 0.15) is 23.3 Å². The van der Waals surface area contributed by atoms with Crippen LogP contribution in [0.15, 0.2) is 35.3 Å². The van der Waals surface area contributed by atoms with Gasteiger partial charge in [-0.25, -0.2) is 22.8 Å². The van der Waals surface area contributed by atoms with Crippen molar-refractivity contribution in [3.63, 3.8) is 0 Å². The summed E-state index contributed by atoms with van der Waals surface area (Å²) in [4.78, 5) is 48.2. The van der Waals surface area contributed by atoms with Crippen LogP contribution in [0.2, 0.25) is 0 Å². The number of ether oxygens (including phenoxy) is 1. The van der Waals surface area contributed by atoms with Gasteiger partial charge in [0.05, 0.1) is 27.5 Å². The Morgan fingerprint density at radius 2 is 1.66 bits per heavy atom. The van der Waals surface area contributed by atoms with E-state index in [2.05, 4.69) is 0 Å². The highest BCUT2D eigenvalue weighted by Gasteiger charge is 2.41. The largest absolute Gasteiger partial charge is 0.748 e. The highest BCUT2D eigenvalue weighted by Crippen LogP contribution is 2.49. The van der Waals surface area contributed by atoms with E-state index in [0.717, 1.165) is 0 Å². The minimum atomic E-state index is -4.52. The monoisotopic (exact) mass is 838 g/mol. The van der Waals surface area contributed by atoms with Crippen molar-refractivity contribution in [3.05, 3.63) is 52.2 Å². The molecular weight excluding hydrogens is 797 g/mol. The first-order chi connectivity index (χ1) is 25.8. The fraction of sp³-hybridized carbons (Fsp3) is 0.514. The summed E-state index contributed by atoms with van der Waals surface area (Å²) >= 11 is 0. The van der Waals surface area contributed by atoms with Gasteiger partial charge >= 0.3 is 5.97 Å². The molecule has 0 bridgehead atoms. The van der Waals surface area contributed by atoms with E-state index in [0.29, 0.717) is 32.9 Å². The summed E-state index contributed by atoms with van der Waals surface area (Å²) in [5.41, 5.74) is 0.368. The van der Waals surface area contributed by atoms with Gasteiger partial charge in [-0.05, 0) is 56.0 Å². The summed E-state index contributed by atoms with van der Waals surface area (Å²) < 4.78 is 111. The molecule has 18 nitrogen and oxygen atoms in total. The molecule has 0 saturated carbocycles. The lowest BCUT2D eigenvalue weighted by Gasteiger charge is -2.48. The predicted molar refractivity (Wildman–Crippen MR) is 199 cm³/mol. The minimum absolute atomic E-state index is 0.0317. The van der Waals surface area contributed by atoms with Gasteiger partial charge in [-0.3, -0.25) is 18.7 Å². The zero-order valence-electron chi connectivity index (χ0n) is 31.0. The van der Waals surface area contributed by atoms with Gasteiger partial charge in [0.25, 0.3) is 32.1 Å². The Kier molecular flexibility index (Phi) is 10.8. The molecule has 1 atom stereocenters. The zero-order chi connectivity index (χ0) is 41.2. The first-order valence-electron chi connectivity index (χ1n) is 17.7. The van der Waals surface area contributed by atoms with Crippen LogP contribution in [0.4, 0.5) is 11.4 Å². The standard InChI is InChI=1S/C35H42N4O14S3/c1-34(2)17-21(19-55(46,47)48)23-13-25-29(15-27(23)37(34)10-5-7-33(42)53-39-31(40)8-9-32(39)41)52-30-16-28-24(14-26(30)36-25)22(20-56(49,50)51)18-35(3,4)38(28)11-6-12-54(43,44)45/h13-16,18,21H,5-12,17,19-20H2,1-4H3,(H2-,43,44,45,46,47,48,49,50,51). The van der Waals surface area contributed by atoms with Crippen molar-refractivity contribution < 1.29 is 62.9 Å². The van der Waals surface area contributed by atoms with Gasteiger partial charge in [0, 0.05) is 75.0 Å². The second kappa shape index (κ2) is 14.6. The van der Waals surface area contributed by atoms with Crippen LogP contribution in [0.3, 0.4) is 0 Å². The average molecular weight is 839 g/mol. The maximum absolute atomic E-state index is 12.6. The number of hydrogen-bond acceptors (Lipinski definition) is 14. The number of anilines is 1. The van der Waals surface area contributed by atoms with Gasteiger partial charge in [0.2, 0.25) is 5.36 Å². The quantitative estimate of drug-likeness (QED) is 0.141. The van der Waals surface area contributed by atoms with Crippen molar-refractivity contribution in [1.82, 2.24) is 9.64 Å². The normalized spacial score (nSPS) is 19.9. The molecule has 0 radical (unpaired) electrons. The van der Waals surface area contributed by atoms with Crippen LogP contribution < -0.4 is 24.9 Å². The van der Waals surface area contributed by atoms with Crippen LogP contribution in [0, 0.1) is 0 Å². The molecule has 0 aromatic heterocycles. The third-order valence-corrected chi connectivity index (χ3v) is 12.5. The van der Waals surface area contributed by atoms with Crippen molar-refractivity contribution in [2.45, 2.75) is 83.2 Å². The highest BCUT2D eigenvalue weighted by atomic mass is 32.2.